The molecule has 28 heavy (non-hydrogen) atoms. The molecule has 0 aliphatic carbocycles. The van der Waals surface area contributed by atoms with E-state index in [0.29, 0.717) is 24.8 Å². The van der Waals surface area contributed by atoms with Crippen molar-refractivity contribution >= 4 is 16.7 Å². The molecule has 0 aromatic heterocycles. The van der Waals surface area contributed by atoms with E-state index in [0.717, 1.165) is 16.5 Å². The second-order valence-corrected chi connectivity index (χ2v) is 7.14. The van der Waals surface area contributed by atoms with Crippen LogP contribution in [-0.4, -0.2) is 25.7 Å². The molecule has 3 aromatic rings. The molecule has 0 saturated carbocycles. The number of ether oxygens (including phenoxy) is 2. The van der Waals surface area contributed by atoms with E-state index in [9.17, 15) is 4.79 Å². The lowest BCUT2D eigenvalue weighted by Crippen LogP contribution is -2.32. The number of aryl methyl sites for hydroxylation is 1. The van der Waals surface area contributed by atoms with Gasteiger partial charge in [-0.2, -0.15) is 0 Å². The van der Waals surface area contributed by atoms with Gasteiger partial charge in [0.05, 0.1) is 6.54 Å². The smallest absolute Gasteiger partial charge is 0.258 e. The van der Waals surface area contributed by atoms with E-state index in [4.69, 9.17) is 9.47 Å². The Morgan fingerprint density at radius 2 is 1.79 bits per heavy atom. The molecule has 1 N–H and O–H groups in total. The molecule has 0 radical (unpaired) electrons. The van der Waals surface area contributed by atoms with Crippen LogP contribution in [0, 0.1) is 6.92 Å². The van der Waals surface area contributed by atoms with Crippen LogP contribution in [0.2, 0.25) is 0 Å². The van der Waals surface area contributed by atoms with E-state index in [-0.39, 0.29) is 12.5 Å². The van der Waals surface area contributed by atoms with E-state index in [2.05, 4.69) is 44.3 Å². The Bertz CT molecular complexity index is 944. The summed E-state index contributed by atoms with van der Waals surface area (Å²) >= 11 is 0. The topological polar surface area (TPSA) is 47.6 Å². The monoisotopic (exact) mass is 377 g/mol. The zero-order chi connectivity index (χ0) is 19.9. The highest BCUT2D eigenvalue weighted by Crippen LogP contribution is 2.25. The third-order valence-corrected chi connectivity index (χ3v) is 4.66. The van der Waals surface area contributed by atoms with Crippen LogP contribution < -0.4 is 14.8 Å². The van der Waals surface area contributed by atoms with Crippen molar-refractivity contribution in [1.29, 1.82) is 0 Å². The first-order valence-electron chi connectivity index (χ1n) is 9.65. The van der Waals surface area contributed by atoms with Crippen LogP contribution in [-0.2, 0) is 4.79 Å². The minimum atomic E-state index is -0.160. The van der Waals surface area contributed by atoms with E-state index >= 15 is 0 Å². The number of nitrogens with one attached hydrogen (secondary N) is 1. The molecule has 4 heteroatoms. The molecule has 0 aliphatic heterocycles. The molecular weight excluding hydrogens is 350 g/mol. The summed E-state index contributed by atoms with van der Waals surface area (Å²) in [4.78, 5) is 12.0. The maximum Gasteiger partial charge on any atom is 0.258 e. The largest absolute Gasteiger partial charge is 0.491 e. The number of carbonyl (C=O) groups excluding carboxylic acids is 1. The van der Waals surface area contributed by atoms with Crippen LogP contribution in [0.1, 0.15) is 30.9 Å². The van der Waals surface area contributed by atoms with Gasteiger partial charge in [-0.1, -0.05) is 56.3 Å². The van der Waals surface area contributed by atoms with Crippen LogP contribution in [0.15, 0.2) is 60.7 Å². The predicted molar refractivity (Wildman–Crippen MR) is 113 cm³/mol. The molecule has 1 amide bonds. The van der Waals surface area contributed by atoms with E-state index in [1.807, 2.05) is 42.5 Å². The fourth-order valence-corrected chi connectivity index (χ4v) is 3.26. The maximum atomic E-state index is 12.0. The SMILES string of the molecule is Cc1cc(OCC(=O)NCCOc2cccc3ccccc23)ccc1C(C)C. The Morgan fingerprint density at radius 3 is 2.57 bits per heavy atom. The van der Waals surface area contributed by atoms with E-state index in [1.165, 1.54) is 11.1 Å². The zero-order valence-electron chi connectivity index (χ0n) is 16.7. The van der Waals surface area contributed by atoms with Gasteiger partial charge in [-0.15, -0.1) is 0 Å². The number of hydrogen-bond donors (Lipinski definition) is 1. The highest BCUT2D eigenvalue weighted by molar-refractivity contribution is 5.88. The molecule has 0 aliphatic rings. The van der Waals surface area contributed by atoms with Crippen molar-refractivity contribution in [1.82, 2.24) is 5.32 Å². The summed E-state index contributed by atoms with van der Waals surface area (Å²) in [6.07, 6.45) is 0. The number of fused-ring (bicyclic) bond motifs is 1. The first kappa shape index (κ1) is 19.7. The number of benzene rings is 3. The lowest BCUT2D eigenvalue weighted by atomic mass is 9.98. The van der Waals surface area contributed by atoms with Gasteiger partial charge in [0, 0.05) is 5.39 Å². The van der Waals surface area contributed by atoms with Crippen molar-refractivity contribution in [2.45, 2.75) is 26.7 Å². The van der Waals surface area contributed by atoms with Crippen molar-refractivity contribution in [3.05, 3.63) is 71.8 Å². The molecule has 0 bridgehead atoms. The van der Waals surface area contributed by atoms with Crippen molar-refractivity contribution < 1.29 is 14.3 Å². The lowest BCUT2D eigenvalue weighted by molar-refractivity contribution is -0.123. The van der Waals surface area contributed by atoms with Gasteiger partial charge >= 0.3 is 0 Å². The van der Waals surface area contributed by atoms with E-state index in [1.54, 1.807) is 0 Å². The molecule has 0 fully saturated rings. The fraction of sp³-hybridized carbons (Fsp3) is 0.292. The summed E-state index contributed by atoms with van der Waals surface area (Å²) in [6, 6.07) is 20.0. The van der Waals surface area contributed by atoms with Crippen molar-refractivity contribution in [2.24, 2.45) is 0 Å². The molecule has 3 rings (SSSR count). The van der Waals surface area contributed by atoms with Crippen LogP contribution in [0.3, 0.4) is 0 Å². The Kier molecular flexibility index (Phi) is 6.53. The van der Waals surface area contributed by atoms with Gasteiger partial charge in [0.25, 0.3) is 5.91 Å². The van der Waals surface area contributed by atoms with Gasteiger partial charge < -0.3 is 14.8 Å². The first-order chi connectivity index (χ1) is 13.5. The van der Waals surface area contributed by atoms with Crippen LogP contribution in [0.5, 0.6) is 11.5 Å². The summed E-state index contributed by atoms with van der Waals surface area (Å²) in [7, 11) is 0. The zero-order valence-corrected chi connectivity index (χ0v) is 16.7. The van der Waals surface area contributed by atoms with Crippen molar-refractivity contribution in [3.8, 4) is 11.5 Å². The number of carbonyl (C=O) groups is 1. The van der Waals surface area contributed by atoms with Gasteiger partial charge in [-0.05, 0) is 47.6 Å². The highest BCUT2D eigenvalue weighted by atomic mass is 16.5. The second-order valence-electron chi connectivity index (χ2n) is 7.14. The van der Waals surface area contributed by atoms with Crippen molar-refractivity contribution in [3.63, 3.8) is 0 Å². The van der Waals surface area contributed by atoms with Crippen molar-refractivity contribution in [2.75, 3.05) is 19.8 Å². The lowest BCUT2D eigenvalue weighted by Gasteiger charge is -2.13. The Balaban J connectivity index is 1.43. The molecule has 0 saturated heterocycles. The summed E-state index contributed by atoms with van der Waals surface area (Å²) < 4.78 is 11.4. The Hall–Kier alpha value is -3.01. The summed E-state index contributed by atoms with van der Waals surface area (Å²) in [5, 5.41) is 5.03. The Labute approximate surface area is 166 Å². The average molecular weight is 377 g/mol. The van der Waals surface area contributed by atoms with Gasteiger partial charge in [-0.3, -0.25) is 4.79 Å². The first-order valence-corrected chi connectivity index (χ1v) is 9.65. The molecular formula is C24H27NO3. The van der Waals surface area contributed by atoms with Gasteiger partial charge in [-0.25, -0.2) is 0 Å². The third-order valence-electron chi connectivity index (χ3n) is 4.66. The molecule has 0 heterocycles. The van der Waals surface area contributed by atoms with Gasteiger partial charge in [0.1, 0.15) is 18.1 Å². The summed E-state index contributed by atoms with van der Waals surface area (Å²) in [6.45, 7) is 7.22. The molecule has 146 valence electrons. The van der Waals surface area contributed by atoms with Gasteiger partial charge in [0.2, 0.25) is 0 Å². The second kappa shape index (κ2) is 9.27. The summed E-state index contributed by atoms with van der Waals surface area (Å²) in [5.41, 5.74) is 2.47. The fourth-order valence-electron chi connectivity index (χ4n) is 3.26. The standard InChI is InChI=1S/C24H27NO3/c1-17(2)21-12-11-20(15-18(21)3)28-16-24(26)25-13-14-27-23-10-6-8-19-7-4-5-9-22(19)23/h4-12,15,17H,13-14,16H2,1-3H3,(H,25,26). The highest BCUT2D eigenvalue weighted by Gasteiger charge is 2.07. The predicted octanol–water partition coefficient (Wildman–Crippen LogP) is 4.85. The summed E-state index contributed by atoms with van der Waals surface area (Å²) in [5.74, 6) is 1.85. The maximum absolute atomic E-state index is 12.0. The number of hydrogen-bond acceptors (Lipinski definition) is 3. The van der Waals surface area contributed by atoms with E-state index < -0.39 is 0 Å². The van der Waals surface area contributed by atoms with Crippen LogP contribution in [0.4, 0.5) is 0 Å². The quantitative estimate of drug-likeness (QED) is 0.571. The number of rotatable bonds is 8. The van der Waals surface area contributed by atoms with Gasteiger partial charge in [0.15, 0.2) is 6.61 Å². The molecule has 3 aromatic carbocycles. The normalized spacial score (nSPS) is 10.9. The third kappa shape index (κ3) is 5.03. The Morgan fingerprint density at radius 1 is 1.00 bits per heavy atom. The number of amides is 1. The van der Waals surface area contributed by atoms with Crippen LogP contribution >= 0.6 is 0 Å². The molecule has 0 spiro atoms. The molecule has 4 nitrogen and oxygen atoms in total. The molecule has 0 unspecified atom stereocenters. The molecule has 0 atom stereocenters. The average Bonchev–Trinajstić information content (AvgIpc) is 2.69. The van der Waals surface area contributed by atoms with Crippen LogP contribution in [0.25, 0.3) is 10.8 Å². The minimum absolute atomic E-state index is 0.00523. The minimum Gasteiger partial charge on any atom is -0.491 e.